The minimum atomic E-state index is -4.04. The predicted octanol–water partition coefficient (Wildman–Crippen LogP) is 0.439. The smallest absolute Gasteiger partial charge is 0.309 e. The van der Waals surface area contributed by atoms with Crippen LogP contribution in [0.2, 0.25) is 0 Å². The molecule has 2 rings (SSSR count). The van der Waals surface area contributed by atoms with Crippen LogP contribution in [-0.4, -0.2) is 41.8 Å². The largest absolute Gasteiger partial charge is 0.481 e. The Morgan fingerprint density at radius 3 is 2.55 bits per heavy atom. The molecule has 0 aliphatic carbocycles. The number of nitro benzene ring substituents is 1. The van der Waals surface area contributed by atoms with Gasteiger partial charge in [-0.1, -0.05) is 0 Å². The van der Waals surface area contributed by atoms with Crippen LogP contribution in [0.15, 0.2) is 23.1 Å². The number of benzene rings is 1. The summed E-state index contributed by atoms with van der Waals surface area (Å²) in [5.74, 6) is -3.04. The quantitative estimate of drug-likeness (QED) is 0.637. The molecule has 1 aromatic rings. The van der Waals surface area contributed by atoms with Crippen LogP contribution in [0.1, 0.15) is 0 Å². The highest BCUT2D eigenvalue weighted by Crippen LogP contribution is 2.28. The number of carboxylic acid groups (broad SMARTS) is 1. The second kappa shape index (κ2) is 4.80. The van der Waals surface area contributed by atoms with E-state index in [1.807, 2.05) is 0 Å². The third-order valence-corrected chi connectivity index (χ3v) is 4.78. The average molecular weight is 304 g/mol. The van der Waals surface area contributed by atoms with Gasteiger partial charge in [0.2, 0.25) is 15.8 Å². The first kappa shape index (κ1) is 14.3. The lowest BCUT2D eigenvalue weighted by molar-refractivity contribution is -0.387. The molecule has 0 radical (unpaired) electrons. The third kappa shape index (κ3) is 2.34. The van der Waals surface area contributed by atoms with E-state index in [1.165, 1.54) is 0 Å². The molecule has 0 atom stereocenters. The van der Waals surface area contributed by atoms with Crippen molar-refractivity contribution in [3.05, 3.63) is 34.1 Å². The number of sulfonamides is 1. The molecule has 1 aromatic carbocycles. The van der Waals surface area contributed by atoms with Crippen molar-refractivity contribution in [2.24, 2.45) is 5.92 Å². The van der Waals surface area contributed by atoms with Crippen molar-refractivity contribution in [3.8, 4) is 0 Å². The van der Waals surface area contributed by atoms with Crippen LogP contribution in [-0.2, 0) is 14.8 Å². The molecule has 1 N–H and O–H groups in total. The van der Waals surface area contributed by atoms with E-state index < -0.39 is 43.2 Å². The first-order valence-corrected chi connectivity index (χ1v) is 6.84. The van der Waals surface area contributed by atoms with Crippen LogP contribution >= 0.6 is 0 Å². The van der Waals surface area contributed by atoms with E-state index in [9.17, 15) is 27.7 Å². The van der Waals surface area contributed by atoms with Gasteiger partial charge in [-0.2, -0.15) is 8.70 Å². The van der Waals surface area contributed by atoms with Crippen molar-refractivity contribution < 1.29 is 27.6 Å². The molecule has 0 aromatic heterocycles. The van der Waals surface area contributed by atoms with Crippen molar-refractivity contribution in [3.63, 3.8) is 0 Å². The third-order valence-electron chi connectivity index (χ3n) is 2.95. The second-order valence-corrected chi connectivity index (χ2v) is 6.17. The van der Waals surface area contributed by atoms with Crippen LogP contribution < -0.4 is 0 Å². The van der Waals surface area contributed by atoms with Crippen molar-refractivity contribution in [1.82, 2.24) is 4.31 Å². The summed E-state index contributed by atoms with van der Waals surface area (Å²) < 4.78 is 38.1. The van der Waals surface area contributed by atoms with E-state index in [4.69, 9.17) is 5.11 Å². The Labute approximate surface area is 112 Å². The normalized spacial score (nSPS) is 16.6. The minimum Gasteiger partial charge on any atom is -0.481 e. The molecule has 0 bridgehead atoms. The highest BCUT2D eigenvalue weighted by atomic mass is 32.2. The number of carboxylic acids is 1. The Kier molecular flexibility index (Phi) is 3.44. The summed E-state index contributed by atoms with van der Waals surface area (Å²) in [6, 6.07) is 2.23. The van der Waals surface area contributed by atoms with Crippen molar-refractivity contribution in [1.29, 1.82) is 0 Å². The maximum Gasteiger partial charge on any atom is 0.309 e. The van der Waals surface area contributed by atoms with Gasteiger partial charge >= 0.3 is 11.7 Å². The van der Waals surface area contributed by atoms with E-state index >= 15 is 0 Å². The standard InChI is InChI=1S/C10H9FN2O6S/c11-8-2-1-7(3-9(8)13(16)17)20(18,19)12-4-6(5-12)10(14)15/h1-3,6H,4-5H2,(H,14,15). The van der Waals surface area contributed by atoms with Crippen LogP contribution in [0.5, 0.6) is 0 Å². The van der Waals surface area contributed by atoms with E-state index in [2.05, 4.69) is 0 Å². The van der Waals surface area contributed by atoms with E-state index in [0.717, 1.165) is 10.4 Å². The monoisotopic (exact) mass is 304 g/mol. The number of nitrogens with zero attached hydrogens (tertiary/aromatic N) is 2. The Hall–Kier alpha value is -2.07. The summed E-state index contributed by atoms with van der Waals surface area (Å²) in [5, 5.41) is 19.3. The summed E-state index contributed by atoms with van der Waals surface area (Å²) in [7, 11) is -4.04. The molecule has 0 saturated carbocycles. The second-order valence-electron chi connectivity index (χ2n) is 4.23. The Morgan fingerprint density at radius 1 is 1.45 bits per heavy atom. The van der Waals surface area contributed by atoms with Gasteiger partial charge in [0, 0.05) is 19.2 Å². The van der Waals surface area contributed by atoms with Gasteiger partial charge in [0.25, 0.3) is 0 Å². The molecule has 8 nitrogen and oxygen atoms in total. The zero-order valence-corrected chi connectivity index (χ0v) is 10.7. The van der Waals surface area contributed by atoms with Crippen molar-refractivity contribution in [2.75, 3.05) is 13.1 Å². The van der Waals surface area contributed by atoms with Crippen LogP contribution in [0.25, 0.3) is 0 Å². The highest BCUT2D eigenvalue weighted by molar-refractivity contribution is 7.89. The SMILES string of the molecule is O=C(O)C1CN(S(=O)(=O)c2ccc(F)c([N+](=O)[O-])c2)C1. The van der Waals surface area contributed by atoms with Crippen molar-refractivity contribution in [2.45, 2.75) is 4.90 Å². The number of carbonyl (C=O) groups is 1. The number of hydrogen-bond donors (Lipinski definition) is 1. The molecule has 10 heteroatoms. The molecular formula is C10H9FN2O6S. The number of halogens is 1. The van der Waals surface area contributed by atoms with Gasteiger partial charge in [-0.3, -0.25) is 14.9 Å². The molecule has 1 heterocycles. The van der Waals surface area contributed by atoms with Gasteiger partial charge in [0.1, 0.15) is 0 Å². The maximum atomic E-state index is 13.1. The van der Waals surface area contributed by atoms with Crippen molar-refractivity contribution >= 4 is 21.7 Å². The molecule has 1 fully saturated rings. The predicted molar refractivity (Wildman–Crippen MR) is 62.9 cm³/mol. The molecular weight excluding hydrogens is 295 g/mol. The summed E-state index contributed by atoms with van der Waals surface area (Å²) in [6.45, 7) is -0.411. The number of rotatable bonds is 4. The zero-order valence-electron chi connectivity index (χ0n) is 9.89. The molecule has 108 valence electrons. The van der Waals surface area contributed by atoms with E-state index in [-0.39, 0.29) is 13.1 Å². The Morgan fingerprint density at radius 2 is 2.05 bits per heavy atom. The fourth-order valence-electron chi connectivity index (χ4n) is 1.73. The lowest BCUT2D eigenvalue weighted by atomic mass is 10.0. The van der Waals surface area contributed by atoms with Crippen LogP contribution in [0, 0.1) is 21.8 Å². The maximum absolute atomic E-state index is 13.1. The molecule has 0 amide bonds. The lowest BCUT2D eigenvalue weighted by Gasteiger charge is -2.35. The highest BCUT2D eigenvalue weighted by Gasteiger charge is 2.41. The summed E-state index contributed by atoms with van der Waals surface area (Å²) >= 11 is 0. The van der Waals surface area contributed by atoms with Gasteiger partial charge in [-0.05, 0) is 12.1 Å². The van der Waals surface area contributed by atoms with Crippen LogP contribution in [0.4, 0.5) is 10.1 Å². The number of hydrogen-bond acceptors (Lipinski definition) is 5. The molecule has 1 saturated heterocycles. The van der Waals surface area contributed by atoms with Gasteiger partial charge in [-0.15, -0.1) is 0 Å². The Bertz CT molecular complexity index is 683. The molecule has 20 heavy (non-hydrogen) atoms. The summed E-state index contributed by atoms with van der Waals surface area (Å²) in [4.78, 5) is 19.7. The number of aliphatic carboxylic acids is 1. The van der Waals surface area contributed by atoms with Gasteiger partial charge in [-0.25, -0.2) is 8.42 Å². The molecule has 0 spiro atoms. The summed E-state index contributed by atoms with van der Waals surface area (Å²) in [6.07, 6.45) is 0. The number of nitro groups is 1. The Balaban J connectivity index is 2.30. The molecule has 1 aliphatic rings. The fourth-order valence-corrected chi connectivity index (χ4v) is 3.28. The average Bonchev–Trinajstić information content (AvgIpc) is 2.25. The molecule has 0 unspecified atom stereocenters. The minimum absolute atomic E-state index is 0.206. The van der Waals surface area contributed by atoms with Gasteiger partial charge in [0.05, 0.1) is 15.7 Å². The molecule has 1 aliphatic heterocycles. The summed E-state index contributed by atoms with van der Waals surface area (Å²) in [5.41, 5.74) is -0.943. The zero-order chi connectivity index (χ0) is 15.1. The first-order chi connectivity index (χ1) is 9.23. The van der Waals surface area contributed by atoms with Crippen LogP contribution in [0.3, 0.4) is 0 Å². The van der Waals surface area contributed by atoms with Gasteiger partial charge in [0.15, 0.2) is 0 Å². The fraction of sp³-hybridized carbons (Fsp3) is 0.300. The van der Waals surface area contributed by atoms with E-state index in [0.29, 0.717) is 12.1 Å². The lowest BCUT2D eigenvalue weighted by Crippen LogP contribution is -2.52. The van der Waals surface area contributed by atoms with E-state index in [1.54, 1.807) is 0 Å². The topological polar surface area (TPSA) is 118 Å². The van der Waals surface area contributed by atoms with Gasteiger partial charge < -0.3 is 5.11 Å². The first-order valence-electron chi connectivity index (χ1n) is 5.40.